The number of hydrogen-bond donors (Lipinski definition) is 1. The summed E-state index contributed by atoms with van der Waals surface area (Å²) in [5, 5.41) is 11.7. The Morgan fingerprint density at radius 1 is 1.57 bits per heavy atom. The van der Waals surface area contributed by atoms with Gasteiger partial charge in [0.1, 0.15) is 12.2 Å². The zero-order valence-electron chi connectivity index (χ0n) is 8.74. The zero-order valence-corrected chi connectivity index (χ0v) is 8.74. The van der Waals surface area contributed by atoms with Crippen molar-refractivity contribution < 1.29 is 0 Å². The summed E-state index contributed by atoms with van der Waals surface area (Å²) >= 11 is 0. The summed E-state index contributed by atoms with van der Waals surface area (Å²) in [6.07, 6.45) is 6.77. The number of piperidine rings is 1. The van der Waals surface area contributed by atoms with Crippen LogP contribution in [0.1, 0.15) is 44.5 Å². The number of nitrogens with one attached hydrogen (secondary N) is 1. The molecule has 0 spiro atoms. The average molecular weight is 194 g/mol. The Hall–Kier alpha value is -0.900. The molecule has 4 heteroatoms. The van der Waals surface area contributed by atoms with Crippen molar-refractivity contribution in [2.45, 2.75) is 45.2 Å². The van der Waals surface area contributed by atoms with E-state index in [1.807, 2.05) is 6.33 Å². The lowest BCUT2D eigenvalue weighted by Crippen LogP contribution is -2.29. The summed E-state index contributed by atoms with van der Waals surface area (Å²) in [7, 11) is 0. The molecule has 1 fully saturated rings. The maximum Gasteiger partial charge on any atom is 0.149 e. The lowest BCUT2D eigenvalue weighted by molar-refractivity contribution is 0.384. The van der Waals surface area contributed by atoms with Crippen LogP contribution in [0, 0.1) is 0 Å². The Bertz CT molecular complexity index is 275. The highest BCUT2D eigenvalue weighted by Crippen LogP contribution is 2.20. The van der Waals surface area contributed by atoms with Crippen molar-refractivity contribution in [2.24, 2.45) is 0 Å². The Labute approximate surface area is 84.7 Å². The number of nitrogens with zero attached hydrogens (tertiary/aromatic N) is 3. The van der Waals surface area contributed by atoms with Crippen molar-refractivity contribution in [3.63, 3.8) is 0 Å². The van der Waals surface area contributed by atoms with Gasteiger partial charge in [-0.15, -0.1) is 10.2 Å². The average Bonchev–Trinajstić information content (AvgIpc) is 2.68. The van der Waals surface area contributed by atoms with Crippen molar-refractivity contribution in [2.75, 3.05) is 6.54 Å². The molecule has 0 saturated carbocycles. The quantitative estimate of drug-likeness (QED) is 0.793. The molecule has 0 radical (unpaired) electrons. The summed E-state index contributed by atoms with van der Waals surface area (Å²) < 4.78 is 2.17. The second-order valence-corrected chi connectivity index (χ2v) is 3.89. The fraction of sp³-hybridized carbons (Fsp3) is 0.800. The van der Waals surface area contributed by atoms with E-state index in [1.165, 1.54) is 19.3 Å². The van der Waals surface area contributed by atoms with Crippen LogP contribution in [0.5, 0.6) is 0 Å². The molecular weight excluding hydrogens is 176 g/mol. The van der Waals surface area contributed by atoms with Crippen molar-refractivity contribution in [1.29, 1.82) is 0 Å². The predicted octanol–water partition coefficient (Wildman–Crippen LogP) is 1.50. The summed E-state index contributed by atoms with van der Waals surface area (Å²) in [5.74, 6) is 1.12. The van der Waals surface area contributed by atoms with E-state index in [1.54, 1.807) is 0 Å². The van der Waals surface area contributed by atoms with Crippen LogP contribution in [0.25, 0.3) is 0 Å². The molecule has 0 amide bonds. The van der Waals surface area contributed by atoms with Gasteiger partial charge in [0.2, 0.25) is 0 Å². The van der Waals surface area contributed by atoms with Gasteiger partial charge in [0.05, 0.1) is 6.04 Å². The van der Waals surface area contributed by atoms with Crippen LogP contribution >= 0.6 is 0 Å². The third kappa shape index (κ3) is 1.95. The van der Waals surface area contributed by atoms with E-state index >= 15 is 0 Å². The molecule has 2 heterocycles. The third-order valence-corrected chi connectivity index (χ3v) is 2.73. The van der Waals surface area contributed by atoms with Gasteiger partial charge in [0, 0.05) is 6.54 Å². The van der Waals surface area contributed by atoms with Gasteiger partial charge in [-0.05, 0) is 25.8 Å². The normalized spacial score (nSPS) is 22.5. The molecule has 78 valence electrons. The maximum atomic E-state index is 4.21. The van der Waals surface area contributed by atoms with Crippen LogP contribution in [0.4, 0.5) is 0 Å². The molecule has 0 unspecified atom stereocenters. The third-order valence-electron chi connectivity index (χ3n) is 2.73. The first-order valence-corrected chi connectivity index (χ1v) is 5.53. The molecule has 2 rings (SSSR count). The van der Waals surface area contributed by atoms with Crippen molar-refractivity contribution in [3.05, 3.63) is 12.2 Å². The van der Waals surface area contributed by atoms with Gasteiger partial charge in [-0.1, -0.05) is 13.3 Å². The Morgan fingerprint density at radius 2 is 2.50 bits per heavy atom. The van der Waals surface area contributed by atoms with E-state index in [-0.39, 0.29) is 0 Å². The molecule has 1 N–H and O–H groups in total. The van der Waals surface area contributed by atoms with Crippen LogP contribution in [-0.2, 0) is 6.54 Å². The Balaban J connectivity index is 2.09. The van der Waals surface area contributed by atoms with Gasteiger partial charge in [0.25, 0.3) is 0 Å². The minimum Gasteiger partial charge on any atom is -0.316 e. The van der Waals surface area contributed by atoms with Gasteiger partial charge >= 0.3 is 0 Å². The van der Waals surface area contributed by atoms with Gasteiger partial charge in [0.15, 0.2) is 0 Å². The second-order valence-electron chi connectivity index (χ2n) is 3.89. The molecule has 0 aromatic carbocycles. The SMILES string of the molecule is CCCn1cnnc1[C@H]1CCCCN1. The number of hydrogen-bond acceptors (Lipinski definition) is 3. The van der Waals surface area contributed by atoms with E-state index in [0.717, 1.165) is 25.3 Å². The first-order chi connectivity index (χ1) is 6.92. The Morgan fingerprint density at radius 3 is 3.21 bits per heavy atom. The van der Waals surface area contributed by atoms with E-state index in [9.17, 15) is 0 Å². The van der Waals surface area contributed by atoms with Gasteiger partial charge in [-0.3, -0.25) is 0 Å². The minimum atomic E-state index is 0.429. The highest BCUT2D eigenvalue weighted by Gasteiger charge is 2.19. The molecule has 1 aliphatic heterocycles. The molecule has 0 bridgehead atoms. The van der Waals surface area contributed by atoms with Crippen molar-refractivity contribution >= 4 is 0 Å². The first-order valence-electron chi connectivity index (χ1n) is 5.53. The van der Waals surface area contributed by atoms with E-state index in [0.29, 0.717) is 6.04 Å². The molecule has 1 atom stereocenters. The molecule has 1 saturated heterocycles. The lowest BCUT2D eigenvalue weighted by Gasteiger charge is -2.22. The van der Waals surface area contributed by atoms with Gasteiger partial charge < -0.3 is 9.88 Å². The lowest BCUT2D eigenvalue weighted by atomic mass is 10.0. The maximum absolute atomic E-state index is 4.21. The fourth-order valence-electron chi connectivity index (χ4n) is 2.02. The highest BCUT2D eigenvalue weighted by atomic mass is 15.3. The number of aryl methyl sites for hydroxylation is 1. The summed E-state index contributed by atoms with van der Waals surface area (Å²) in [5.41, 5.74) is 0. The van der Waals surface area contributed by atoms with Crippen molar-refractivity contribution in [1.82, 2.24) is 20.1 Å². The van der Waals surface area contributed by atoms with Crippen LogP contribution in [0.15, 0.2) is 6.33 Å². The van der Waals surface area contributed by atoms with E-state index < -0.39 is 0 Å². The highest BCUT2D eigenvalue weighted by molar-refractivity contribution is 4.96. The predicted molar refractivity (Wildman–Crippen MR) is 54.9 cm³/mol. The molecular formula is C10H18N4. The van der Waals surface area contributed by atoms with Crippen LogP contribution in [-0.4, -0.2) is 21.3 Å². The summed E-state index contributed by atoms with van der Waals surface area (Å²) in [4.78, 5) is 0. The number of rotatable bonds is 3. The van der Waals surface area contributed by atoms with Gasteiger partial charge in [-0.25, -0.2) is 0 Å². The molecule has 1 aromatic rings. The Kier molecular flexibility index (Phi) is 3.14. The van der Waals surface area contributed by atoms with Crippen LogP contribution < -0.4 is 5.32 Å². The van der Waals surface area contributed by atoms with E-state index in [2.05, 4.69) is 27.0 Å². The summed E-state index contributed by atoms with van der Waals surface area (Å²) in [6.45, 7) is 4.32. The topological polar surface area (TPSA) is 42.7 Å². The fourth-order valence-corrected chi connectivity index (χ4v) is 2.02. The summed E-state index contributed by atoms with van der Waals surface area (Å²) in [6, 6.07) is 0.429. The van der Waals surface area contributed by atoms with Gasteiger partial charge in [-0.2, -0.15) is 0 Å². The molecule has 1 aliphatic rings. The largest absolute Gasteiger partial charge is 0.316 e. The smallest absolute Gasteiger partial charge is 0.149 e. The molecule has 0 aliphatic carbocycles. The number of aromatic nitrogens is 3. The van der Waals surface area contributed by atoms with Crippen LogP contribution in [0.3, 0.4) is 0 Å². The first kappa shape index (κ1) is 9.65. The standard InChI is InChI=1S/C10H18N4/c1-2-7-14-8-12-13-10(14)9-5-3-4-6-11-9/h8-9,11H,2-7H2,1H3/t9-/m1/s1. The molecule has 14 heavy (non-hydrogen) atoms. The second kappa shape index (κ2) is 4.55. The van der Waals surface area contributed by atoms with Crippen LogP contribution in [0.2, 0.25) is 0 Å². The molecule has 4 nitrogen and oxygen atoms in total. The zero-order chi connectivity index (χ0) is 9.80. The monoisotopic (exact) mass is 194 g/mol. The van der Waals surface area contributed by atoms with Crippen molar-refractivity contribution in [3.8, 4) is 0 Å². The van der Waals surface area contributed by atoms with E-state index in [4.69, 9.17) is 0 Å². The minimum absolute atomic E-state index is 0.429. The molecule has 1 aromatic heterocycles.